The summed E-state index contributed by atoms with van der Waals surface area (Å²) in [7, 11) is 2.17. The molecule has 0 spiro atoms. The molecule has 1 aromatic heterocycles. The minimum Gasteiger partial charge on any atom is -0.497 e. The minimum atomic E-state index is -1.45. The van der Waals surface area contributed by atoms with Crippen LogP contribution in [-0.2, 0) is 7.05 Å². The molecule has 2 N–H and O–H groups in total. The molecule has 0 fully saturated rings. The van der Waals surface area contributed by atoms with Gasteiger partial charge in [0.25, 0.3) is 0 Å². The molecule has 0 aliphatic carbocycles. The van der Waals surface area contributed by atoms with Crippen molar-refractivity contribution in [3.8, 4) is 5.75 Å². The second kappa shape index (κ2) is 4.29. The maximum absolute atomic E-state index is 9.29. The Bertz CT molecular complexity index is 764. The number of ether oxygens (including phenoxy) is 1. The highest BCUT2D eigenvalue weighted by atomic mass is 16.5. The molecule has 5 heteroatoms. The van der Waals surface area contributed by atoms with Crippen LogP contribution in [0.4, 0.5) is 0 Å². The van der Waals surface area contributed by atoms with Gasteiger partial charge in [0.1, 0.15) is 5.75 Å². The van der Waals surface area contributed by atoms with Crippen LogP contribution in [0.15, 0.2) is 36.4 Å². The Labute approximate surface area is 111 Å². The van der Waals surface area contributed by atoms with Crippen LogP contribution in [0.1, 0.15) is 0 Å². The highest BCUT2D eigenvalue weighted by Crippen LogP contribution is 2.30. The summed E-state index contributed by atoms with van der Waals surface area (Å²) in [6, 6.07) is 11.3. The molecule has 0 aliphatic rings. The summed E-state index contributed by atoms with van der Waals surface area (Å²) in [4.78, 5) is 0. The number of methoxy groups -OCH3 is 1. The molecule has 0 aliphatic heterocycles. The summed E-state index contributed by atoms with van der Waals surface area (Å²) in [5.74, 6) is 0.787. The molecule has 3 aromatic rings. The highest BCUT2D eigenvalue weighted by molar-refractivity contribution is 6.59. The van der Waals surface area contributed by atoms with E-state index in [0.29, 0.717) is 5.46 Å². The Morgan fingerprint density at radius 1 is 1.00 bits per heavy atom. The van der Waals surface area contributed by atoms with E-state index in [1.54, 1.807) is 13.2 Å². The first-order chi connectivity index (χ1) is 9.11. The molecule has 0 radical (unpaired) electrons. The molecule has 0 bridgehead atoms. The van der Waals surface area contributed by atoms with Crippen LogP contribution in [0.2, 0.25) is 0 Å². The van der Waals surface area contributed by atoms with Gasteiger partial charge in [-0.1, -0.05) is 12.1 Å². The van der Waals surface area contributed by atoms with Crippen LogP contribution in [0, 0.1) is 0 Å². The van der Waals surface area contributed by atoms with Crippen LogP contribution in [0.3, 0.4) is 0 Å². The van der Waals surface area contributed by atoms with E-state index < -0.39 is 7.12 Å². The Hall–Kier alpha value is -1.98. The Morgan fingerprint density at radius 2 is 1.63 bits per heavy atom. The number of hydrogen-bond acceptors (Lipinski definition) is 3. The first-order valence-corrected chi connectivity index (χ1v) is 6.04. The fourth-order valence-electron chi connectivity index (χ4n) is 2.50. The van der Waals surface area contributed by atoms with E-state index in [1.165, 1.54) is 0 Å². The monoisotopic (exact) mass is 255 g/mol. The van der Waals surface area contributed by atoms with Crippen LogP contribution in [-0.4, -0.2) is 28.8 Å². The average Bonchev–Trinajstić information content (AvgIpc) is 2.71. The van der Waals surface area contributed by atoms with Crippen molar-refractivity contribution in [1.29, 1.82) is 0 Å². The van der Waals surface area contributed by atoms with E-state index in [2.05, 4.69) is 4.57 Å². The lowest BCUT2D eigenvalue weighted by Gasteiger charge is -2.00. The summed E-state index contributed by atoms with van der Waals surface area (Å²) >= 11 is 0. The normalized spacial score (nSPS) is 11.2. The van der Waals surface area contributed by atoms with Gasteiger partial charge in [0.05, 0.1) is 7.11 Å². The fraction of sp³-hybridized carbons (Fsp3) is 0.143. The summed E-state index contributed by atoms with van der Waals surface area (Å²) in [5.41, 5.74) is 2.62. The average molecular weight is 255 g/mol. The standard InChI is InChI=1S/C14H14BNO3/c1-16-13-5-3-9(15(17)18)7-11(13)12-8-10(19-2)4-6-14(12)16/h3-8,17-18H,1-2H3. The molecule has 0 atom stereocenters. The van der Waals surface area contributed by atoms with Crippen molar-refractivity contribution in [2.24, 2.45) is 7.05 Å². The van der Waals surface area contributed by atoms with Gasteiger partial charge in [-0.15, -0.1) is 0 Å². The Morgan fingerprint density at radius 3 is 2.26 bits per heavy atom. The largest absolute Gasteiger partial charge is 0.497 e. The van der Waals surface area contributed by atoms with Gasteiger partial charge >= 0.3 is 7.12 Å². The van der Waals surface area contributed by atoms with E-state index in [9.17, 15) is 10.0 Å². The van der Waals surface area contributed by atoms with Crippen molar-refractivity contribution in [3.05, 3.63) is 36.4 Å². The van der Waals surface area contributed by atoms with Crippen molar-refractivity contribution in [2.75, 3.05) is 7.11 Å². The molecule has 4 nitrogen and oxygen atoms in total. The van der Waals surface area contributed by atoms with Crippen molar-refractivity contribution in [2.45, 2.75) is 0 Å². The fourth-order valence-corrected chi connectivity index (χ4v) is 2.50. The topological polar surface area (TPSA) is 54.6 Å². The number of rotatable bonds is 2. The predicted molar refractivity (Wildman–Crippen MR) is 76.8 cm³/mol. The number of hydrogen-bond donors (Lipinski definition) is 2. The number of aryl methyl sites for hydroxylation is 1. The molecule has 3 rings (SSSR count). The lowest BCUT2D eigenvalue weighted by atomic mass is 9.80. The third-order valence-corrected chi connectivity index (χ3v) is 3.54. The zero-order chi connectivity index (χ0) is 13.6. The lowest BCUT2D eigenvalue weighted by Crippen LogP contribution is -2.29. The van der Waals surface area contributed by atoms with Crippen LogP contribution in [0.5, 0.6) is 5.75 Å². The van der Waals surface area contributed by atoms with Gasteiger partial charge in [0.2, 0.25) is 0 Å². The molecule has 0 unspecified atom stereocenters. The zero-order valence-corrected chi connectivity index (χ0v) is 10.8. The van der Waals surface area contributed by atoms with Crippen molar-refractivity contribution < 1.29 is 14.8 Å². The van der Waals surface area contributed by atoms with Gasteiger partial charge in [-0.2, -0.15) is 0 Å². The minimum absolute atomic E-state index is 0.489. The molecule has 0 saturated carbocycles. The van der Waals surface area contributed by atoms with E-state index in [1.807, 2.05) is 37.4 Å². The smallest absolute Gasteiger partial charge is 0.488 e. The molecule has 96 valence electrons. The van der Waals surface area contributed by atoms with Crippen LogP contribution < -0.4 is 10.2 Å². The number of benzene rings is 2. The Kier molecular flexibility index (Phi) is 2.73. The molecule has 0 amide bonds. The van der Waals surface area contributed by atoms with Crippen LogP contribution in [0.25, 0.3) is 21.8 Å². The first-order valence-electron chi connectivity index (χ1n) is 6.04. The zero-order valence-electron chi connectivity index (χ0n) is 10.8. The van der Waals surface area contributed by atoms with E-state index in [-0.39, 0.29) is 0 Å². The number of fused-ring (bicyclic) bond motifs is 3. The maximum atomic E-state index is 9.29. The summed E-state index contributed by atoms with van der Waals surface area (Å²) in [6.07, 6.45) is 0. The third kappa shape index (κ3) is 1.78. The lowest BCUT2D eigenvalue weighted by molar-refractivity contribution is 0.415. The summed E-state index contributed by atoms with van der Waals surface area (Å²) < 4.78 is 7.33. The first kappa shape index (κ1) is 12.1. The van der Waals surface area contributed by atoms with E-state index in [4.69, 9.17) is 4.74 Å². The van der Waals surface area contributed by atoms with Gasteiger partial charge in [0, 0.05) is 28.9 Å². The van der Waals surface area contributed by atoms with Gasteiger partial charge in [-0.25, -0.2) is 0 Å². The third-order valence-electron chi connectivity index (χ3n) is 3.54. The van der Waals surface area contributed by atoms with Gasteiger partial charge in [-0.05, 0) is 29.7 Å². The summed E-state index contributed by atoms with van der Waals surface area (Å²) in [5, 5.41) is 20.6. The van der Waals surface area contributed by atoms with Gasteiger partial charge < -0.3 is 19.4 Å². The molecular weight excluding hydrogens is 241 g/mol. The SMILES string of the molecule is COc1ccc2c(c1)c1cc(B(O)O)ccc1n2C. The van der Waals surface area contributed by atoms with E-state index in [0.717, 1.165) is 27.6 Å². The van der Waals surface area contributed by atoms with E-state index >= 15 is 0 Å². The van der Waals surface area contributed by atoms with Gasteiger partial charge in [0.15, 0.2) is 0 Å². The Balaban J connectivity index is 2.41. The van der Waals surface area contributed by atoms with Crippen molar-refractivity contribution >= 4 is 34.4 Å². The molecular formula is C14H14BNO3. The second-order valence-electron chi connectivity index (χ2n) is 4.59. The number of nitrogens with zero attached hydrogens (tertiary/aromatic N) is 1. The second-order valence-corrected chi connectivity index (χ2v) is 4.59. The number of aromatic nitrogens is 1. The van der Waals surface area contributed by atoms with Crippen molar-refractivity contribution in [3.63, 3.8) is 0 Å². The molecule has 0 saturated heterocycles. The van der Waals surface area contributed by atoms with Crippen molar-refractivity contribution in [1.82, 2.24) is 4.57 Å². The predicted octanol–water partition coefficient (Wildman–Crippen LogP) is 1.02. The maximum Gasteiger partial charge on any atom is 0.488 e. The summed E-state index contributed by atoms with van der Waals surface area (Å²) in [6.45, 7) is 0. The van der Waals surface area contributed by atoms with Crippen LogP contribution >= 0.6 is 0 Å². The van der Waals surface area contributed by atoms with Gasteiger partial charge in [-0.3, -0.25) is 0 Å². The molecule has 19 heavy (non-hydrogen) atoms. The quantitative estimate of drug-likeness (QED) is 0.672. The highest BCUT2D eigenvalue weighted by Gasteiger charge is 2.14. The molecule has 2 aromatic carbocycles. The molecule has 1 heterocycles.